The van der Waals surface area contributed by atoms with Gasteiger partial charge in [0, 0.05) is 44.8 Å². The highest BCUT2D eigenvalue weighted by atomic mass is 16.1. The smallest absolute Gasteiger partial charge is 0.251 e. The summed E-state index contributed by atoms with van der Waals surface area (Å²) in [6.07, 6.45) is 0. The molecular formula is C24H27N3O. The van der Waals surface area contributed by atoms with E-state index in [-0.39, 0.29) is 5.91 Å². The number of nitrogens with zero attached hydrogens (tertiary/aromatic N) is 2. The summed E-state index contributed by atoms with van der Waals surface area (Å²) in [6, 6.07) is 22.5. The molecular weight excluding hydrogens is 346 g/mol. The SMILES string of the molecule is CN1CCN(Cc2cccc(CNC(=O)c3ccc4ccccc4c3)c2)CC1. The Balaban J connectivity index is 1.36. The monoisotopic (exact) mass is 373 g/mol. The van der Waals surface area contributed by atoms with Crippen LogP contribution in [-0.4, -0.2) is 48.9 Å². The van der Waals surface area contributed by atoms with Crippen LogP contribution in [0.2, 0.25) is 0 Å². The number of benzene rings is 3. The van der Waals surface area contributed by atoms with E-state index >= 15 is 0 Å². The molecule has 0 saturated carbocycles. The average molecular weight is 374 g/mol. The van der Waals surface area contributed by atoms with Gasteiger partial charge in [-0.15, -0.1) is 0 Å². The van der Waals surface area contributed by atoms with Crippen LogP contribution in [-0.2, 0) is 13.1 Å². The fourth-order valence-corrected chi connectivity index (χ4v) is 3.72. The standard InChI is InChI=1S/C24H27N3O/c1-26-11-13-27(14-12-26)18-20-6-4-5-19(15-20)17-25-24(28)23-10-9-21-7-2-3-8-22(21)16-23/h2-10,15-16H,11-14,17-18H2,1H3,(H,25,28). The van der Waals surface area contributed by atoms with Gasteiger partial charge in [-0.25, -0.2) is 0 Å². The first-order valence-corrected chi connectivity index (χ1v) is 9.93. The molecule has 4 nitrogen and oxygen atoms in total. The van der Waals surface area contributed by atoms with Gasteiger partial charge >= 0.3 is 0 Å². The predicted octanol–water partition coefficient (Wildman–Crippen LogP) is 3.52. The van der Waals surface area contributed by atoms with Gasteiger partial charge in [-0.1, -0.05) is 54.6 Å². The fraction of sp³-hybridized carbons (Fsp3) is 0.292. The topological polar surface area (TPSA) is 35.6 Å². The van der Waals surface area contributed by atoms with Gasteiger partial charge in [0.1, 0.15) is 0 Å². The first kappa shape index (κ1) is 18.7. The Morgan fingerprint density at radius 1 is 0.857 bits per heavy atom. The first-order chi connectivity index (χ1) is 13.7. The van der Waals surface area contributed by atoms with Gasteiger partial charge in [0.2, 0.25) is 0 Å². The molecule has 144 valence electrons. The van der Waals surface area contributed by atoms with Crippen LogP contribution < -0.4 is 5.32 Å². The van der Waals surface area contributed by atoms with E-state index in [0.29, 0.717) is 12.1 Å². The van der Waals surface area contributed by atoms with Crippen LogP contribution in [0.1, 0.15) is 21.5 Å². The first-order valence-electron chi connectivity index (χ1n) is 9.93. The normalized spacial score (nSPS) is 15.6. The molecule has 28 heavy (non-hydrogen) atoms. The molecule has 1 heterocycles. The molecule has 0 atom stereocenters. The Morgan fingerprint density at radius 3 is 2.43 bits per heavy atom. The quantitative estimate of drug-likeness (QED) is 0.743. The number of amides is 1. The van der Waals surface area contributed by atoms with E-state index in [9.17, 15) is 4.79 Å². The third kappa shape index (κ3) is 4.58. The molecule has 0 radical (unpaired) electrons. The third-order valence-electron chi connectivity index (χ3n) is 5.46. The minimum atomic E-state index is -0.0322. The molecule has 3 aromatic carbocycles. The largest absolute Gasteiger partial charge is 0.348 e. The van der Waals surface area contributed by atoms with Crippen molar-refractivity contribution in [3.63, 3.8) is 0 Å². The van der Waals surface area contributed by atoms with Gasteiger partial charge in [-0.05, 0) is 41.1 Å². The molecule has 0 unspecified atom stereocenters. The number of hydrogen-bond acceptors (Lipinski definition) is 3. The van der Waals surface area contributed by atoms with Gasteiger partial charge in [0.15, 0.2) is 0 Å². The molecule has 4 rings (SSSR count). The average Bonchev–Trinajstić information content (AvgIpc) is 2.73. The molecule has 1 N–H and O–H groups in total. The van der Waals surface area contributed by atoms with Crippen molar-refractivity contribution in [2.75, 3.05) is 33.2 Å². The maximum atomic E-state index is 12.6. The lowest BCUT2D eigenvalue weighted by molar-refractivity contribution is 0.0951. The van der Waals surface area contributed by atoms with Crippen LogP contribution in [0.15, 0.2) is 66.7 Å². The highest BCUT2D eigenvalue weighted by Gasteiger charge is 2.14. The molecule has 1 amide bonds. The lowest BCUT2D eigenvalue weighted by Crippen LogP contribution is -2.43. The predicted molar refractivity (Wildman–Crippen MR) is 114 cm³/mol. The summed E-state index contributed by atoms with van der Waals surface area (Å²) in [6.45, 7) is 5.99. The number of carbonyl (C=O) groups is 1. The van der Waals surface area contributed by atoms with E-state index in [1.807, 2.05) is 36.4 Å². The second-order valence-electron chi connectivity index (χ2n) is 7.64. The third-order valence-corrected chi connectivity index (χ3v) is 5.46. The van der Waals surface area contributed by atoms with Gasteiger partial charge in [-0.2, -0.15) is 0 Å². The summed E-state index contributed by atoms with van der Waals surface area (Å²) in [5, 5.41) is 5.29. The summed E-state index contributed by atoms with van der Waals surface area (Å²) in [7, 11) is 2.18. The molecule has 0 spiro atoms. The Kier molecular flexibility index (Phi) is 5.70. The molecule has 3 aromatic rings. The number of likely N-dealkylation sites (N-methyl/N-ethyl adjacent to an activating group) is 1. The minimum Gasteiger partial charge on any atom is -0.348 e. The zero-order chi connectivity index (χ0) is 19.3. The molecule has 0 aliphatic carbocycles. The van der Waals surface area contributed by atoms with E-state index < -0.39 is 0 Å². The van der Waals surface area contributed by atoms with E-state index in [0.717, 1.165) is 49.1 Å². The fourth-order valence-electron chi connectivity index (χ4n) is 3.72. The molecule has 1 aliphatic rings. The summed E-state index contributed by atoms with van der Waals surface area (Å²) >= 11 is 0. The summed E-state index contributed by atoms with van der Waals surface area (Å²) < 4.78 is 0. The zero-order valence-corrected chi connectivity index (χ0v) is 16.4. The van der Waals surface area contributed by atoms with Crippen LogP contribution in [0.3, 0.4) is 0 Å². The minimum absolute atomic E-state index is 0.0322. The highest BCUT2D eigenvalue weighted by molar-refractivity contribution is 5.98. The van der Waals surface area contributed by atoms with E-state index in [4.69, 9.17) is 0 Å². The van der Waals surface area contributed by atoms with Crippen molar-refractivity contribution in [3.05, 3.63) is 83.4 Å². The van der Waals surface area contributed by atoms with Crippen LogP contribution in [0.4, 0.5) is 0 Å². The Bertz CT molecular complexity index is 961. The van der Waals surface area contributed by atoms with Crippen molar-refractivity contribution < 1.29 is 4.79 Å². The summed E-state index contributed by atoms with van der Waals surface area (Å²) in [5.41, 5.74) is 3.15. The van der Waals surface area contributed by atoms with Gasteiger partial charge < -0.3 is 10.2 Å². The van der Waals surface area contributed by atoms with Gasteiger partial charge in [-0.3, -0.25) is 9.69 Å². The Hall–Kier alpha value is -2.69. The highest BCUT2D eigenvalue weighted by Crippen LogP contribution is 2.16. The van der Waals surface area contributed by atoms with Crippen LogP contribution >= 0.6 is 0 Å². The van der Waals surface area contributed by atoms with Gasteiger partial charge in [0.25, 0.3) is 5.91 Å². The number of hydrogen-bond donors (Lipinski definition) is 1. The van der Waals surface area contributed by atoms with E-state index in [2.05, 4.69) is 52.5 Å². The molecule has 0 bridgehead atoms. The number of piperazine rings is 1. The van der Waals surface area contributed by atoms with Crippen molar-refractivity contribution in [2.45, 2.75) is 13.1 Å². The number of carbonyl (C=O) groups excluding carboxylic acids is 1. The number of fused-ring (bicyclic) bond motifs is 1. The van der Waals surface area contributed by atoms with Crippen LogP contribution in [0.25, 0.3) is 10.8 Å². The van der Waals surface area contributed by atoms with E-state index in [1.165, 1.54) is 5.56 Å². The molecule has 1 fully saturated rings. The second kappa shape index (κ2) is 8.55. The molecule has 0 aromatic heterocycles. The van der Waals surface area contributed by atoms with Crippen LogP contribution in [0, 0.1) is 0 Å². The summed E-state index contributed by atoms with van der Waals surface area (Å²) in [4.78, 5) is 17.4. The summed E-state index contributed by atoms with van der Waals surface area (Å²) in [5.74, 6) is -0.0322. The molecule has 1 saturated heterocycles. The maximum Gasteiger partial charge on any atom is 0.251 e. The Morgan fingerprint density at radius 2 is 1.61 bits per heavy atom. The number of nitrogens with one attached hydrogen (secondary N) is 1. The van der Waals surface area contributed by atoms with Crippen molar-refractivity contribution in [1.29, 1.82) is 0 Å². The van der Waals surface area contributed by atoms with Crippen molar-refractivity contribution in [2.24, 2.45) is 0 Å². The Labute approximate surface area is 166 Å². The maximum absolute atomic E-state index is 12.6. The lowest BCUT2D eigenvalue weighted by atomic mass is 10.1. The molecule has 1 aliphatic heterocycles. The van der Waals surface area contributed by atoms with Gasteiger partial charge in [0.05, 0.1) is 0 Å². The second-order valence-corrected chi connectivity index (χ2v) is 7.64. The van der Waals surface area contributed by atoms with Crippen LogP contribution in [0.5, 0.6) is 0 Å². The van der Waals surface area contributed by atoms with Crippen molar-refractivity contribution >= 4 is 16.7 Å². The number of rotatable bonds is 5. The van der Waals surface area contributed by atoms with E-state index in [1.54, 1.807) is 0 Å². The zero-order valence-electron chi connectivity index (χ0n) is 16.4. The molecule has 4 heteroatoms. The van der Waals surface area contributed by atoms with Crippen molar-refractivity contribution in [1.82, 2.24) is 15.1 Å². The van der Waals surface area contributed by atoms with Crippen molar-refractivity contribution in [3.8, 4) is 0 Å². The lowest BCUT2D eigenvalue weighted by Gasteiger charge is -2.32.